The Morgan fingerprint density at radius 3 is 2.08 bits per heavy atom. The monoisotopic (exact) mass is 189 g/mol. The van der Waals surface area contributed by atoms with Crippen LogP contribution < -0.4 is 5.32 Å². The van der Waals surface area contributed by atoms with Gasteiger partial charge in [-0.2, -0.15) is 11.8 Å². The molecule has 0 heterocycles. The number of hydrogen-bond acceptors (Lipinski definition) is 2. The lowest BCUT2D eigenvalue weighted by Crippen LogP contribution is -2.38. The Morgan fingerprint density at radius 1 is 1.17 bits per heavy atom. The molecule has 0 rings (SSSR count). The van der Waals surface area contributed by atoms with E-state index in [0.717, 1.165) is 5.92 Å². The van der Waals surface area contributed by atoms with Gasteiger partial charge in [0.15, 0.2) is 0 Å². The second-order valence-corrected chi connectivity index (χ2v) is 4.94. The van der Waals surface area contributed by atoms with Crippen LogP contribution in [0.15, 0.2) is 0 Å². The summed E-state index contributed by atoms with van der Waals surface area (Å²) in [5.74, 6) is 2.02. The Morgan fingerprint density at radius 2 is 1.75 bits per heavy atom. The Balaban J connectivity index is 3.70. The molecule has 0 radical (unpaired) electrons. The van der Waals surface area contributed by atoms with Gasteiger partial charge in [0, 0.05) is 12.1 Å². The minimum absolute atomic E-state index is 0.610. The normalized spacial score (nSPS) is 14.2. The third-order valence-electron chi connectivity index (χ3n) is 1.99. The first-order valence-corrected chi connectivity index (χ1v) is 6.22. The average Bonchev–Trinajstić information content (AvgIpc) is 1.96. The first-order valence-electron chi connectivity index (χ1n) is 4.83. The van der Waals surface area contributed by atoms with Gasteiger partial charge in [0.1, 0.15) is 0 Å². The van der Waals surface area contributed by atoms with Gasteiger partial charge in [-0.1, -0.05) is 27.7 Å². The molecular formula is C10H23NS. The smallest absolute Gasteiger partial charge is 0.0100 e. The van der Waals surface area contributed by atoms with Gasteiger partial charge in [-0.3, -0.25) is 0 Å². The second kappa shape index (κ2) is 6.79. The quantitative estimate of drug-likeness (QED) is 0.689. The predicted molar refractivity (Wildman–Crippen MR) is 59.9 cm³/mol. The fourth-order valence-corrected chi connectivity index (χ4v) is 1.77. The average molecular weight is 189 g/mol. The van der Waals surface area contributed by atoms with E-state index in [4.69, 9.17) is 0 Å². The van der Waals surface area contributed by atoms with Crippen LogP contribution in [-0.2, 0) is 0 Å². The zero-order chi connectivity index (χ0) is 9.56. The number of nitrogens with one attached hydrogen (secondary N) is 1. The first kappa shape index (κ1) is 12.3. The minimum Gasteiger partial charge on any atom is -0.311 e. The van der Waals surface area contributed by atoms with E-state index in [9.17, 15) is 0 Å². The van der Waals surface area contributed by atoms with Crippen molar-refractivity contribution in [3.8, 4) is 0 Å². The van der Waals surface area contributed by atoms with Crippen molar-refractivity contribution in [1.82, 2.24) is 5.32 Å². The van der Waals surface area contributed by atoms with E-state index in [-0.39, 0.29) is 0 Å². The van der Waals surface area contributed by atoms with Crippen LogP contribution in [0.1, 0.15) is 34.1 Å². The Hall–Kier alpha value is 0.310. The maximum atomic E-state index is 3.60. The number of hydrogen-bond donors (Lipinski definition) is 1. The van der Waals surface area contributed by atoms with E-state index < -0.39 is 0 Å². The summed E-state index contributed by atoms with van der Waals surface area (Å²) < 4.78 is 0. The van der Waals surface area contributed by atoms with Crippen molar-refractivity contribution < 1.29 is 0 Å². The second-order valence-electron chi connectivity index (χ2n) is 3.95. The minimum atomic E-state index is 0.610. The van der Waals surface area contributed by atoms with Gasteiger partial charge in [0.25, 0.3) is 0 Å². The maximum absolute atomic E-state index is 3.60. The molecule has 0 aromatic carbocycles. The van der Waals surface area contributed by atoms with Gasteiger partial charge in [0.2, 0.25) is 0 Å². The van der Waals surface area contributed by atoms with Crippen molar-refractivity contribution in [3.05, 3.63) is 0 Å². The SMILES string of the molecule is CSCCC(NC(C)C)C(C)C. The molecule has 0 aliphatic carbocycles. The van der Waals surface area contributed by atoms with Crippen molar-refractivity contribution >= 4 is 11.8 Å². The molecule has 1 atom stereocenters. The molecule has 12 heavy (non-hydrogen) atoms. The molecule has 1 N–H and O–H groups in total. The van der Waals surface area contributed by atoms with Gasteiger partial charge in [0.05, 0.1) is 0 Å². The van der Waals surface area contributed by atoms with Crippen LogP contribution in [0.3, 0.4) is 0 Å². The number of thioether (sulfide) groups is 1. The summed E-state index contributed by atoms with van der Waals surface area (Å²) in [6.07, 6.45) is 3.46. The number of rotatable bonds is 6. The standard InChI is InChI=1S/C10H23NS/c1-8(2)10(6-7-12-5)11-9(3)4/h8-11H,6-7H2,1-5H3. The van der Waals surface area contributed by atoms with E-state index in [1.807, 2.05) is 11.8 Å². The highest BCUT2D eigenvalue weighted by Gasteiger charge is 2.12. The lowest BCUT2D eigenvalue weighted by atomic mass is 10.0. The van der Waals surface area contributed by atoms with Gasteiger partial charge in [-0.15, -0.1) is 0 Å². The molecule has 0 aliphatic heterocycles. The molecule has 0 bridgehead atoms. The summed E-state index contributed by atoms with van der Waals surface area (Å²) in [7, 11) is 0. The molecule has 0 aliphatic rings. The predicted octanol–water partition coefficient (Wildman–Crippen LogP) is 2.76. The van der Waals surface area contributed by atoms with Crippen LogP contribution in [0.2, 0.25) is 0 Å². The summed E-state index contributed by atoms with van der Waals surface area (Å²) in [4.78, 5) is 0. The lowest BCUT2D eigenvalue weighted by Gasteiger charge is -2.24. The van der Waals surface area contributed by atoms with Gasteiger partial charge in [-0.25, -0.2) is 0 Å². The lowest BCUT2D eigenvalue weighted by molar-refractivity contribution is 0.364. The van der Waals surface area contributed by atoms with Gasteiger partial charge < -0.3 is 5.32 Å². The van der Waals surface area contributed by atoms with E-state index in [1.165, 1.54) is 12.2 Å². The van der Waals surface area contributed by atoms with E-state index in [0.29, 0.717) is 12.1 Å². The fourth-order valence-electron chi connectivity index (χ4n) is 1.28. The molecular weight excluding hydrogens is 166 g/mol. The van der Waals surface area contributed by atoms with Crippen LogP contribution in [0.5, 0.6) is 0 Å². The highest BCUT2D eigenvalue weighted by Crippen LogP contribution is 2.10. The molecule has 0 saturated carbocycles. The Bertz CT molecular complexity index is 102. The molecule has 0 spiro atoms. The van der Waals surface area contributed by atoms with Crippen LogP contribution >= 0.6 is 11.8 Å². The maximum Gasteiger partial charge on any atom is 0.0100 e. The van der Waals surface area contributed by atoms with Gasteiger partial charge in [-0.05, 0) is 24.3 Å². The highest BCUT2D eigenvalue weighted by molar-refractivity contribution is 7.98. The zero-order valence-electron chi connectivity index (χ0n) is 9.05. The Kier molecular flexibility index (Phi) is 6.96. The van der Waals surface area contributed by atoms with Crippen molar-refractivity contribution in [2.24, 2.45) is 5.92 Å². The van der Waals surface area contributed by atoms with Crippen molar-refractivity contribution in [3.63, 3.8) is 0 Å². The summed E-state index contributed by atoms with van der Waals surface area (Å²) in [6.45, 7) is 9.02. The molecule has 0 saturated heterocycles. The topological polar surface area (TPSA) is 12.0 Å². The van der Waals surface area contributed by atoms with Gasteiger partial charge >= 0.3 is 0 Å². The third kappa shape index (κ3) is 5.90. The molecule has 0 amide bonds. The first-order chi connectivity index (χ1) is 5.57. The molecule has 74 valence electrons. The largest absolute Gasteiger partial charge is 0.311 e. The zero-order valence-corrected chi connectivity index (χ0v) is 9.87. The van der Waals surface area contributed by atoms with E-state index >= 15 is 0 Å². The molecule has 0 aromatic rings. The van der Waals surface area contributed by atoms with Crippen LogP contribution in [0, 0.1) is 5.92 Å². The van der Waals surface area contributed by atoms with E-state index in [1.54, 1.807) is 0 Å². The van der Waals surface area contributed by atoms with Crippen molar-refractivity contribution in [2.45, 2.75) is 46.2 Å². The summed E-state index contributed by atoms with van der Waals surface area (Å²) in [5, 5.41) is 3.60. The molecule has 1 unspecified atom stereocenters. The fraction of sp³-hybridized carbons (Fsp3) is 1.00. The van der Waals surface area contributed by atoms with Crippen molar-refractivity contribution in [2.75, 3.05) is 12.0 Å². The highest BCUT2D eigenvalue weighted by atomic mass is 32.2. The molecule has 0 aromatic heterocycles. The summed E-state index contributed by atoms with van der Waals surface area (Å²) >= 11 is 1.93. The van der Waals surface area contributed by atoms with Crippen LogP contribution in [0.4, 0.5) is 0 Å². The molecule has 0 fully saturated rings. The molecule has 1 nitrogen and oxygen atoms in total. The van der Waals surface area contributed by atoms with Crippen LogP contribution in [-0.4, -0.2) is 24.1 Å². The summed E-state index contributed by atoms with van der Waals surface area (Å²) in [5.41, 5.74) is 0. The van der Waals surface area contributed by atoms with Crippen molar-refractivity contribution in [1.29, 1.82) is 0 Å². The van der Waals surface area contributed by atoms with Crippen LogP contribution in [0.25, 0.3) is 0 Å². The Labute approximate surface area is 81.7 Å². The van der Waals surface area contributed by atoms with E-state index in [2.05, 4.69) is 39.3 Å². The summed E-state index contributed by atoms with van der Waals surface area (Å²) in [6, 6.07) is 1.30. The molecule has 2 heteroatoms. The third-order valence-corrected chi connectivity index (χ3v) is 2.63.